The van der Waals surface area contributed by atoms with Crippen molar-refractivity contribution < 1.29 is 19.1 Å². The molecule has 2 aromatic carbocycles. The summed E-state index contributed by atoms with van der Waals surface area (Å²) in [5.41, 5.74) is 1.75. The van der Waals surface area contributed by atoms with Gasteiger partial charge in [0.05, 0.1) is 13.7 Å². The van der Waals surface area contributed by atoms with Crippen molar-refractivity contribution in [3.8, 4) is 11.5 Å². The van der Waals surface area contributed by atoms with Crippen LogP contribution in [0, 0.1) is 0 Å². The van der Waals surface area contributed by atoms with Gasteiger partial charge < -0.3 is 19.3 Å². The number of piperazine rings is 1. The van der Waals surface area contributed by atoms with E-state index in [1.165, 1.54) is 6.42 Å². The lowest BCUT2D eigenvalue weighted by atomic mass is 9.91. The monoisotopic (exact) mass is 436 g/mol. The van der Waals surface area contributed by atoms with Crippen LogP contribution in [0.3, 0.4) is 0 Å². The molecule has 1 heterocycles. The quantitative estimate of drug-likeness (QED) is 0.648. The van der Waals surface area contributed by atoms with Crippen LogP contribution in [-0.2, 0) is 16.1 Å². The van der Waals surface area contributed by atoms with Crippen LogP contribution in [0.5, 0.6) is 11.5 Å². The van der Waals surface area contributed by atoms with E-state index in [4.69, 9.17) is 9.47 Å². The maximum Gasteiger partial charge on any atom is 0.250 e. The van der Waals surface area contributed by atoms with E-state index in [9.17, 15) is 9.59 Å². The van der Waals surface area contributed by atoms with E-state index in [0.29, 0.717) is 24.7 Å². The van der Waals surface area contributed by atoms with Crippen molar-refractivity contribution in [2.45, 2.75) is 57.7 Å². The molecule has 0 radical (unpaired) electrons. The molecule has 0 aromatic heterocycles. The summed E-state index contributed by atoms with van der Waals surface area (Å²) in [6.07, 6.45) is 5.36. The van der Waals surface area contributed by atoms with Gasteiger partial charge in [0.1, 0.15) is 12.6 Å². The number of methoxy groups -OCH3 is 1. The molecule has 2 aromatic rings. The van der Waals surface area contributed by atoms with E-state index in [2.05, 4.69) is 0 Å². The lowest BCUT2D eigenvalue weighted by molar-refractivity contribution is -0.160. The third kappa shape index (κ3) is 4.59. The summed E-state index contributed by atoms with van der Waals surface area (Å²) < 4.78 is 11.2. The number of hydrogen-bond donors (Lipinski definition) is 0. The highest BCUT2D eigenvalue weighted by atomic mass is 16.5. The molecule has 1 aliphatic carbocycles. The predicted molar refractivity (Wildman–Crippen MR) is 122 cm³/mol. The lowest BCUT2D eigenvalue weighted by Gasteiger charge is -2.44. The van der Waals surface area contributed by atoms with E-state index >= 15 is 0 Å². The van der Waals surface area contributed by atoms with Crippen LogP contribution in [-0.4, -0.2) is 47.9 Å². The minimum Gasteiger partial charge on any atom is -0.493 e. The largest absolute Gasteiger partial charge is 0.493 e. The molecule has 1 atom stereocenters. The molecule has 0 bridgehead atoms. The standard InChI is InChI=1S/C26H32N2O4/c1-3-32-22-15-14-20(16-23(22)31-2)25-26(30)27(21-12-8-5-9-13-21)18-24(29)28(25)17-19-10-6-4-7-11-19/h4,6-7,10-11,14-16,21,25H,3,5,8-9,12-13,17-18H2,1-2H3/t25-/m1/s1. The maximum absolute atomic E-state index is 13.8. The highest BCUT2D eigenvalue weighted by molar-refractivity contribution is 5.96. The Balaban J connectivity index is 1.71. The van der Waals surface area contributed by atoms with E-state index in [-0.39, 0.29) is 24.4 Å². The van der Waals surface area contributed by atoms with Crippen LogP contribution in [0.1, 0.15) is 56.2 Å². The molecule has 1 saturated carbocycles. The Bertz CT molecular complexity index is 940. The first-order valence-corrected chi connectivity index (χ1v) is 11.6. The Morgan fingerprint density at radius 3 is 2.41 bits per heavy atom. The molecule has 2 aliphatic rings. The third-order valence-corrected chi connectivity index (χ3v) is 6.47. The fraction of sp³-hybridized carbons (Fsp3) is 0.462. The van der Waals surface area contributed by atoms with E-state index in [1.807, 2.05) is 60.4 Å². The average molecular weight is 437 g/mol. The molecule has 6 nitrogen and oxygen atoms in total. The Kier molecular flexibility index (Phi) is 6.98. The van der Waals surface area contributed by atoms with Crippen molar-refractivity contribution in [1.82, 2.24) is 9.80 Å². The summed E-state index contributed by atoms with van der Waals surface area (Å²) in [7, 11) is 1.59. The van der Waals surface area contributed by atoms with Gasteiger partial charge >= 0.3 is 0 Å². The van der Waals surface area contributed by atoms with Crippen molar-refractivity contribution in [3.05, 3.63) is 59.7 Å². The number of rotatable bonds is 7. The first-order chi connectivity index (χ1) is 15.6. The van der Waals surface area contributed by atoms with Crippen molar-refractivity contribution in [3.63, 3.8) is 0 Å². The van der Waals surface area contributed by atoms with Crippen LogP contribution in [0.15, 0.2) is 48.5 Å². The summed E-state index contributed by atoms with van der Waals surface area (Å²) in [5.74, 6) is 1.18. The number of carbonyl (C=O) groups excluding carboxylic acids is 2. The van der Waals surface area contributed by atoms with Gasteiger partial charge in [-0.1, -0.05) is 55.7 Å². The van der Waals surface area contributed by atoms with Crippen LogP contribution < -0.4 is 9.47 Å². The van der Waals surface area contributed by atoms with Crippen LogP contribution >= 0.6 is 0 Å². The normalized spacial score (nSPS) is 19.9. The Morgan fingerprint density at radius 2 is 1.72 bits per heavy atom. The second-order valence-corrected chi connectivity index (χ2v) is 8.51. The van der Waals surface area contributed by atoms with Crippen molar-refractivity contribution >= 4 is 11.8 Å². The smallest absolute Gasteiger partial charge is 0.250 e. The van der Waals surface area contributed by atoms with Crippen LogP contribution in [0.25, 0.3) is 0 Å². The number of amides is 2. The SMILES string of the molecule is CCOc1ccc([C@@H]2C(=O)N(C3CCCCC3)CC(=O)N2Cc2ccccc2)cc1OC. The van der Waals surface area contributed by atoms with Gasteiger partial charge in [-0.25, -0.2) is 0 Å². The third-order valence-electron chi connectivity index (χ3n) is 6.47. The maximum atomic E-state index is 13.8. The predicted octanol–water partition coefficient (Wildman–Crippen LogP) is 4.34. The summed E-state index contributed by atoms with van der Waals surface area (Å²) in [4.78, 5) is 30.8. The molecule has 32 heavy (non-hydrogen) atoms. The molecule has 2 amide bonds. The van der Waals surface area contributed by atoms with Gasteiger partial charge in [0.2, 0.25) is 5.91 Å². The molecule has 1 saturated heterocycles. The van der Waals surface area contributed by atoms with Gasteiger partial charge in [-0.3, -0.25) is 9.59 Å². The Labute approximate surface area is 190 Å². The molecule has 0 N–H and O–H groups in total. The van der Waals surface area contributed by atoms with Gasteiger partial charge in [0.15, 0.2) is 11.5 Å². The molecular formula is C26H32N2O4. The zero-order chi connectivity index (χ0) is 22.5. The molecule has 6 heteroatoms. The number of hydrogen-bond acceptors (Lipinski definition) is 4. The number of carbonyl (C=O) groups is 2. The molecule has 2 fully saturated rings. The van der Waals surface area contributed by atoms with Gasteiger partial charge in [0, 0.05) is 12.6 Å². The Morgan fingerprint density at radius 1 is 0.969 bits per heavy atom. The average Bonchev–Trinajstić information content (AvgIpc) is 2.83. The van der Waals surface area contributed by atoms with Crippen molar-refractivity contribution in [1.29, 1.82) is 0 Å². The molecule has 0 spiro atoms. The minimum absolute atomic E-state index is 0.00126. The zero-order valence-corrected chi connectivity index (χ0v) is 19.0. The van der Waals surface area contributed by atoms with E-state index in [1.54, 1.807) is 12.0 Å². The molecule has 1 aliphatic heterocycles. The molecular weight excluding hydrogens is 404 g/mol. The molecule has 170 valence electrons. The topological polar surface area (TPSA) is 59.1 Å². The number of ether oxygens (including phenoxy) is 2. The summed E-state index contributed by atoms with van der Waals surface area (Å²) in [6.45, 7) is 2.98. The van der Waals surface area contributed by atoms with Crippen LogP contribution in [0.4, 0.5) is 0 Å². The summed E-state index contributed by atoms with van der Waals surface area (Å²) >= 11 is 0. The number of nitrogens with zero attached hydrogens (tertiary/aromatic N) is 2. The minimum atomic E-state index is -0.678. The van der Waals surface area contributed by atoms with Gasteiger partial charge in [-0.15, -0.1) is 0 Å². The summed E-state index contributed by atoms with van der Waals surface area (Å²) in [6, 6.07) is 14.8. The van der Waals surface area contributed by atoms with E-state index in [0.717, 1.165) is 36.8 Å². The fourth-order valence-corrected chi connectivity index (χ4v) is 4.86. The Hall–Kier alpha value is -3.02. The first-order valence-electron chi connectivity index (χ1n) is 11.6. The van der Waals surface area contributed by atoms with E-state index < -0.39 is 6.04 Å². The lowest BCUT2D eigenvalue weighted by Crippen LogP contribution is -2.58. The zero-order valence-electron chi connectivity index (χ0n) is 19.0. The first kappa shape index (κ1) is 22.2. The van der Waals surface area contributed by atoms with Gasteiger partial charge in [0.25, 0.3) is 5.91 Å². The molecule has 0 unspecified atom stereocenters. The highest BCUT2D eigenvalue weighted by Gasteiger charge is 2.43. The summed E-state index contributed by atoms with van der Waals surface area (Å²) in [5, 5.41) is 0. The fourth-order valence-electron chi connectivity index (χ4n) is 4.86. The van der Waals surface area contributed by atoms with Crippen molar-refractivity contribution in [2.75, 3.05) is 20.3 Å². The second-order valence-electron chi connectivity index (χ2n) is 8.51. The second kappa shape index (κ2) is 10.1. The number of benzene rings is 2. The highest BCUT2D eigenvalue weighted by Crippen LogP contribution is 2.37. The van der Waals surface area contributed by atoms with Gasteiger partial charge in [-0.2, -0.15) is 0 Å². The molecule has 4 rings (SSSR count). The van der Waals surface area contributed by atoms with Gasteiger partial charge in [-0.05, 0) is 43.0 Å². The van der Waals surface area contributed by atoms with Crippen molar-refractivity contribution in [2.24, 2.45) is 0 Å². The van der Waals surface area contributed by atoms with Crippen LogP contribution in [0.2, 0.25) is 0 Å².